The highest BCUT2D eigenvalue weighted by Gasteiger charge is 2.02. The van der Waals surface area contributed by atoms with E-state index < -0.39 is 0 Å². The number of allylic oxidation sites excluding steroid dienone is 2. The van der Waals surface area contributed by atoms with E-state index in [1.807, 2.05) is 6.07 Å². The third-order valence-electron chi connectivity index (χ3n) is 3.27. The highest BCUT2D eigenvalue weighted by atomic mass is 16.5. The van der Waals surface area contributed by atoms with Gasteiger partial charge in [0.2, 0.25) is 0 Å². The van der Waals surface area contributed by atoms with Gasteiger partial charge in [-0.3, -0.25) is 0 Å². The summed E-state index contributed by atoms with van der Waals surface area (Å²) in [5.74, 6) is 0.651. The molecule has 0 fully saturated rings. The van der Waals surface area contributed by atoms with Gasteiger partial charge in [0.25, 0.3) is 0 Å². The zero-order valence-electron chi connectivity index (χ0n) is 12.0. The fourth-order valence-electron chi connectivity index (χ4n) is 1.91. The average molecular weight is 246 g/mol. The molecular formula is C17H26O. The quantitative estimate of drug-likeness (QED) is 0.588. The van der Waals surface area contributed by atoms with Crippen molar-refractivity contribution in [3.63, 3.8) is 0 Å². The first-order valence-electron chi connectivity index (χ1n) is 6.96. The molecule has 1 rings (SSSR count). The molecule has 0 aromatic heterocycles. The molecule has 0 aliphatic rings. The molecule has 1 unspecified atom stereocenters. The number of hydrogen-bond acceptors (Lipinski definition) is 1. The predicted molar refractivity (Wildman–Crippen MR) is 78.5 cm³/mol. The zero-order valence-corrected chi connectivity index (χ0v) is 12.0. The lowest BCUT2D eigenvalue weighted by Crippen LogP contribution is -2.06. The monoisotopic (exact) mass is 246 g/mol. The molecule has 1 nitrogen and oxygen atoms in total. The maximum absolute atomic E-state index is 5.75. The molecule has 0 bridgehead atoms. The second kappa shape index (κ2) is 8.93. The van der Waals surface area contributed by atoms with E-state index in [1.54, 1.807) is 0 Å². The first-order valence-corrected chi connectivity index (χ1v) is 6.96. The minimum Gasteiger partial charge on any atom is -0.376 e. The Morgan fingerprint density at radius 1 is 1.28 bits per heavy atom. The number of hydrogen-bond donors (Lipinski definition) is 0. The molecule has 1 aromatic rings. The minimum absolute atomic E-state index is 0.651. The van der Waals surface area contributed by atoms with Gasteiger partial charge in [-0.2, -0.15) is 0 Å². The van der Waals surface area contributed by atoms with Crippen molar-refractivity contribution in [3.05, 3.63) is 47.5 Å². The van der Waals surface area contributed by atoms with Crippen molar-refractivity contribution in [2.24, 2.45) is 5.92 Å². The largest absolute Gasteiger partial charge is 0.376 e. The fraction of sp³-hybridized carbons (Fsp3) is 0.529. The van der Waals surface area contributed by atoms with Crippen LogP contribution in [-0.2, 0) is 11.3 Å². The van der Waals surface area contributed by atoms with E-state index in [0.717, 1.165) is 13.2 Å². The first kappa shape index (κ1) is 15.0. The molecular weight excluding hydrogens is 220 g/mol. The Morgan fingerprint density at radius 3 is 2.67 bits per heavy atom. The maximum Gasteiger partial charge on any atom is 0.0717 e. The molecule has 0 aliphatic heterocycles. The molecule has 1 atom stereocenters. The van der Waals surface area contributed by atoms with Crippen molar-refractivity contribution in [2.75, 3.05) is 6.61 Å². The lowest BCUT2D eigenvalue weighted by molar-refractivity contribution is 0.0890. The van der Waals surface area contributed by atoms with Gasteiger partial charge in [-0.1, -0.05) is 48.9 Å². The lowest BCUT2D eigenvalue weighted by Gasteiger charge is -2.12. The van der Waals surface area contributed by atoms with E-state index in [-0.39, 0.29) is 0 Å². The summed E-state index contributed by atoms with van der Waals surface area (Å²) in [5, 5.41) is 0. The third-order valence-corrected chi connectivity index (χ3v) is 3.27. The molecule has 1 aromatic carbocycles. The molecule has 0 spiro atoms. The Morgan fingerprint density at radius 2 is 2.00 bits per heavy atom. The summed E-state index contributed by atoms with van der Waals surface area (Å²) in [6.07, 6.45) is 5.95. The van der Waals surface area contributed by atoms with Crippen LogP contribution in [0.4, 0.5) is 0 Å². The Bertz CT molecular complexity index is 340. The van der Waals surface area contributed by atoms with Crippen LogP contribution < -0.4 is 0 Å². The minimum atomic E-state index is 0.651. The molecule has 18 heavy (non-hydrogen) atoms. The van der Waals surface area contributed by atoms with Gasteiger partial charge >= 0.3 is 0 Å². The molecule has 0 amide bonds. The summed E-state index contributed by atoms with van der Waals surface area (Å²) >= 11 is 0. The Kier molecular flexibility index (Phi) is 7.43. The van der Waals surface area contributed by atoms with Crippen LogP contribution in [0.25, 0.3) is 0 Å². The van der Waals surface area contributed by atoms with Gasteiger partial charge < -0.3 is 4.74 Å². The zero-order chi connectivity index (χ0) is 13.2. The van der Waals surface area contributed by atoms with Gasteiger partial charge in [-0.05, 0) is 44.6 Å². The van der Waals surface area contributed by atoms with Crippen molar-refractivity contribution in [2.45, 2.75) is 46.6 Å². The first-order chi connectivity index (χ1) is 8.72. The predicted octanol–water partition coefficient (Wildman–Crippen LogP) is 4.98. The van der Waals surface area contributed by atoms with Gasteiger partial charge in [0.1, 0.15) is 0 Å². The number of rotatable bonds is 8. The summed E-state index contributed by atoms with van der Waals surface area (Å²) in [5.41, 5.74) is 2.75. The van der Waals surface area contributed by atoms with Crippen LogP contribution in [0.15, 0.2) is 42.0 Å². The van der Waals surface area contributed by atoms with Gasteiger partial charge in [-0.25, -0.2) is 0 Å². The van der Waals surface area contributed by atoms with Gasteiger partial charge in [-0.15, -0.1) is 0 Å². The van der Waals surface area contributed by atoms with E-state index in [0.29, 0.717) is 5.92 Å². The van der Waals surface area contributed by atoms with Crippen molar-refractivity contribution >= 4 is 0 Å². The van der Waals surface area contributed by atoms with E-state index in [4.69, 9.17) is 4.74 Å². The Balaban J connectivity index is 2.08. The van der Waals surface area contributed by atoms with E-state index in [1.165, 1.54) is 30.4 Å². The second-order valence-electron chi connectivity index (χ2n) is 5.13. The average Bonchev–Trinajstić information content (AvgIpc) is 2.39. The van der Waals surface area contributed by atoms with E-state index in [9.17, 15) is 0 Å². The SMILES string of the molecule is C/C=C(\C)CCCC(C)COCc1ccccc1. The molecule has 0 N–H and O–H groups in total. The summed E-state index contributed by atoms with van der Waals surface area (Å²) in [6.45, 7) is 8.19. The normalized spacial score (nSPS) is 13.6. The van der Waals surface area contributed by atoms with Crippen molar-refractivity contribution in [1.29, 1.82) is 0 Å². The number of ether oxygens (including phenoxy) is 1. The van der Waals surface area contributed by atoms with Crippen LogP contribution in [-0.4, -0.2) is 6.61 Å². The van der Waals surface area contributed by atoms with Crippen LogP contribution >= 0.6 is 0 Å². The second-order valence-corrected chi connectivity index (χ2v) is 5.13. The van der Waals surface area contributed by atoms with Crippen molar-refractivity contribution in [3.8, 4) is 0 Å². The van der Waals surface area contributed by atoms with E-state index >= 15 is 0 Å². The summed E-state index contributed by atoms with van der Waals surface area (Å²) < 4.78 is 5.75. The van der Waals surface area contributed by atoms with Crippen molar-refractivity contribution < 1.29 is 4.74 Å². The molecule has 0 radical (unpaired) electrons. The highest BCUT2D eigenvalue weighted by Crippen LogP contribution is 2.13. The molecule has 100 valence electrons. The van der Waals surface area contributed by atoms with Crippen LogP contribution in [0, 0.1) is 5.92 Å². The molecule has 1 heteroatoms. The van der Waals surface area contributed by atoms with Crippen LogP contribution in [0.3, 0.4) is 0 Å². The lowest BCUT2D eigenvalue weighted by atomic mass is 10.0. The van der Waals surface area contributed by atoms with Crippen LogP contribution in [0.1, 0.15) is 45.6 Å². The highest BCUT2D eigenvalue weighted by molar-refractivity contribution is 5.13. The smallest absolute Gasteiger partial charge is 0.0717 e. The van der Waals surface area contributed by atoms with E-state index in [2.05, 4.69) is 51.1 Å². The molecule has 0 aliphatic carbocycles. The Hall–Kier alpha value is -1.08. The topological polar surface area (TPSA) is 9.23 Å². The van der Waals surface area contributed by atoms with Gasteiger partial charge in [0.05, 0.1) is 6.61 Å². The molecule has 0 saturated heterocycles. The fourth-order valence-corrected chi connectivity index (χ4v) is 1.91. The maximum atomic E-state index is 5.75. The number of benzene rings is 1. The van der Waals surface area contributed by atoms with Crippen molar-refractivity contribution in [1.82, 2.24) is 0 Å². The van der Waals surface area contributed by atoms with Crippen LogP contribution in [0.5, 0.6) is 0 Å². The summed E-state index contributed by atoms with van der Waals surface area (Å²) in [6, 6.07) is 10.4. The standard InChI is InChI=1S/C17H26O/c1-4-15(2)9-8-10-16(3)13-18-14-17-11-6-5-7-12-17/h4-7,11-12,16H,8-10,13-14H2,1-3H3/b15-4+. The third kappa shape index (κ3) is 6.61. The van der Waals surface area contributed by atoms with Crippen LogP contribution in [0.2, 0.25) is 0 Å². The van der Waals surface area contributed by atoms with Gasteiger partial charge in [0, 0.05) is 6.61 Å². The summed E-state index contributed by atoms with van der Waals surface area (Å²) in [7, 11) is 0. The Labute approximate surface area is 112 Å². The van der Waals surface area contributed by atoms with Gasteiger partial charge in [0.15, 0.2) is 0 Å². The molecule has 0 saturated carbocycles. The molecule has 0 heterocycles. The summed E-state index contributed by atoms with van der Waals surface area (Å²) in [4.78, 5) is 0.